The molecule has 0 aliphatic rings. The first-order valence-electron chi connectivity index (χ1n) is 31.0. The Labute approximate surface area is 425 Å². The summed E-state index contributed by atoms with van der Waals surface area (Å²) in [5.41, 5.74) is 0. The van der Waals surface area contributed by atoms with Gasteiger partial charge in [-0.2, -0.15) is 0 Å². The van der Waals surface area contributed by atoms with Crippen molar-refractivity contribution in [1.29, 1.82) is 0 Å². The van der Waals surface area contributed by atoms with E-state index in [1.807, 2.05) is 0 Å². The Bertz CT molecular complexity index is 1010. The predicted octanol–water partition coefficient (Wildman–Crippen LogP) is 20.7. The fourth-order valence-corrected chi connectivity index (χ4v) is 9.68. The van der Waals surface area contributed by atoms with Gasteiger partial charge in [0.2, 0.25) is 0 Å². The van der Waals surface area contributed by atoms with Crippen LogP contribution in [0.1, 0.15) is 361 Å². The Morgan fingerprint density at radius 2 is 0.397 bits per heavy atom. The molecule has 0 radical (unpaired) electrons. The van der Waals surface area contributed by atoms with Gasteiger partial charge in [0.25, 0.3) is 0 Å². The van der Waals surface area contributed by atoms with Crippen LogP contribution < -0.4 is 0 Å². The third-order valence-electron chi connectivity index (χ3n) is 14.4. The quantitative estimate of drug-likeness (QED) is 0.0343. The van der Waals surface area contributed by atoms with Crippen LogP contribution in [0.15, 0.2) is 0 Å². The van der Waals surface area contributed by atoms with E-state index in [1.165, 1.54) is 263 Å². The fraction of sp³-hybridized carbons (Fsp3) is 0.952. The third kappa shape index (κ3) is 55.3. The van der Waals surface area contributed by atoms with Crippen molar-refractivity contribution in [3.8, 4) is 0 Å². The Hall–Kier alpha value is -1.59. The zero-order valence-electron chi connectivity index (χ0n) is 46.4. The summed E-state index contributed by atoms with van der Waals surface area (Å²) in [5, 5.41) is 0. The smallest absolute Gasteiger partial charge is 0.306 e. The van der Waals surface area contributed by atoms with Crippen LogP contribution in [-0.2, 0) is 28.6 Å². The lowest BCUT2D eigenvalue weighted by Gasteiger charge is -2.18. The molecule has 0 aromatic rings. The topological polar surface area (TPSA) is 78.9 Å². The van der Waals surface area contributed by atoms with E-state index in [2.05, 4.69) is 20.8 Å². The van der Waals surface area contributed by atoms with Crippen LogP contribution in [0.5, 0.6) is 0 Å². The lowest BCUT2D eigenvalue weighted by molar-refractivity contribution is -0.167. The van der Waals surface area contributed by atoms with Crippen LogP contribution in [0.2, 0.25) is 0 Å². The molecule has 6 nitrogen and oxygen atoms in total. The Morgan fingerprint density at radius 3 is 0.588 bits per heavy atom. The summed E-state index contributed by atoms with van der Waals surface area (Å²) >= 11 is 0. The van der Waals surface area contributed by atoms with E-state index in [-0.39, 0.29) is 31.1 Å². The maximum absolute atomic E-state index is 12.9. The van der Waals surface area contributed by atoms with Gasteiger partial charge in [0.05, 0.1) is 0 Å². The molecule has 0 aliphatic carbocycles. The van der Waals surface area contributed by atoms with Crippen molar-refractivity contribution in [2.45, 2.75) is 367 Å². The number of rotatable bonds is 58. The maximum atomic E-state index is 12.9. The summed E-state index contributed by atoms with van der Waals surface area (Å²) < 4.78 is 16.9. The largest absolute Gasteiger partial charge is 0.462 e. The second kappa shape index (κ2) is 58.0. The summed E-state index contributed by atoms with van der Waals surface area (Å²) in [5.74, 6) is -0.826. The van der Waals surface area contributed by atoms with Crippen molar-refractivity contribution in [2.24, 2.45) is 0 Å². The van der Waals surface area contributed by atoms with Gasteiger partial charge in [-0.1, -0.05) is 323 Å². The Balaban J connectivity index is 4.27. The van der Waals surface area contributed by atoms with E-state index in [4.69, 9.17) is 14.2 Å². The zero-order valence-corrected chi connectivity index (χ0v) is 46.4. The minimum absolute atomic E-state index is 0.0606. The zero-order chi connectivity index (χ0) is 49.3. The highest BCUT2D eigenvalue weighted by Gasteiger charge is 2.19. The molecule has 0 rings (SSSR count). The fourth-order valence-electron chi connectivity index (χ4n) is 9.68. The molecule has 404 valence electrons. The summed E-state index contributed by atoms with van der Waals surface area (Å²) in [6, 6.07) is 0. The summed E-state index contributed by atoms with van der Waals surface area (Å²) in [6.45, 7) is 6.72. The van der Waals surface area contributed by atoms with Crippen molar-refractivity contribution >= 4 is 17.9 Å². The van der Waals surface area contributed by atoms with Crippen LogP contribution >= 0.6 is 0 Å². The van der Waals surface area contributed by atoms with Gasteiger partial charge in [0.1, 0.15) is 13.2 Å². The second-order valence-electron chi connectivity index (χ2n) is 21.3. The average Bonchev–Trinajstić information content (AvgIpc) is 3.34. The first-order chi connectivity index (χ1) is 33.5. The maximum Gasteiger partial charge on any atom is 0.306 e. The molecule has 0 bridgehead atoms. The van der Waals surface area contributed by atoms with Gasteiger partial charge in [-0.25, -0.2) is 0 Å². The number of ether oxygens (including phenoxy) is 3. The Morgan fingerprint density at radius 1 is 0.235 bits per heavy atom. The second-order valence-corrected chi connectivity index (χ2v) is 21.3. The van der Waals surface area contributed by atoms with E-state index in [9.17, 15) is 14.4 Å². The summed E-state index contributed by atoms with van der Waals surface area (Å²) in [4.78, 5) is 38.2. The summed E-state index contributed by atoms with van der Waals surface area (Å²) in [7, 11) is 0. The van der Waals surface area contributed by atoms with E-state index >= 15 is 0 Å². The van der Waals surface area contributed by atoms with Gasteiger partial charge < -0.3 is 14.2 Å². The van der Waals surface area contributed by atoms with Gasteiger partial charge in [-0.05, 0) is 19.3 Å². The molecule has 0 aromatic heterocycles. The van der Waals surface area contributed by atoms with Crippen LogP contribution in [0.3, 0.4) is 0 Å². The number of unbranched alkanes of at least 4 members (excludes halogenated alkanes) is 47. The molecule has 0 spiro atoms. The number of hydrogen-bond donors (Lipinski definition) is 0. The highest BCUT2D eigenvalue weighted by atomic mass is 16.6. The molecule has 0 saturated carbocycles. The number of carbonyl (C=O) groups excluding carboxylic acids is 3. The van der Waals surface area contributed by atoms with Crippen LogP contribution in [0.4, 0.5) is 0 Å². The molecule has 0 amide bonds. The lowest BCUT2D eigenvalue weighted by Crippen LogP contribution is -2.30. The first kappa shape index (κ1) is 66.4. The van der Waals surface area contributed by atoms with E-state index < -0.39 is 6.10 Å². The van der Waals surface area contributed by atoms with E-state index in [1.54, 1.807) is 0 Å². The van der Waals surface area contributed by atoms with Gasteiger partial charge in [-0.3, -0.25) is 14.4 Å². The third-order valence-corrected chi connectivity index (χ3v) is 14.4. The van der Waals surface area contributed by atoms with Gasteiger partial charge in [0.15, 0.2) is 6.10 Å². The first-order valence-corrected chi connectivity index (χ1v) is 31.0. The van der Waals surface area contributed by atoms with Crippen molar-refractivity contribution in [3.63, 3.8) is 0 Å². The normalized spacial score (nSPS) is 11.9. The number of carbonyl (C=O) groups is 3. The van der Waals surface area contributed by atoms with Crippen molar-refractivity contribution in [2.75, 3.05) is 13.2 Å². The molecule has 0 N–H and O–H groups in total. The van der Waals surface area contributed by atoms with E-state index in [0.29, 0.717) is 19.3 Å². The molecule has 0 aliphatic heterocycles. The molecule has 1 atom stereocenters. The molecular weight excluding hydrogens is 841 g/mol. The molecule has 0 heterocycles. The molecule has 0 unspecified atom stereocenters. The number of esters is 3. The van der Waals surface area contributed by atoms with E-state index in [0.717, 1.165) is 57.8 Å². The molecule has 68 heavy (non-hydrogen) atoms. The van der Waals surface area contributed by atoms with Crippen LogP contribution in [0.25, 0.3) is 0 Å². The molecule has 0 fully saturated rings. The predicted molar refractivity (Wildman–Crippen MR) is 294 cm³/mol. The monoisotopic (exact) mass is 961 g/mol. The lowest BCUT2D eigenvalue weighted by atomic mass is 10.0. The minimum Gasteiger partial charge on any atom is -0.462 e. The molecular formula is C62H120O6. The van der Waals surface area contributed by atoms with Gasteiger partial charge >= 0.3 is 17.9 Å². The van der Waals surface area contributed by atoms with Crippen molar-refractivity contribution in [1.82, 2.24) is 0 Å². The standard InChI is InChI=1S/C62H120O6/c1-4-7-10-13-16-19-22-25-28-30-31-32-35-37-40-43-46-49-52-55-61(64)67-58-59(68-62(65)56-53-50-47-44-41-38-33-27-24-21-18-15-12-9-6-3)57-66-60(63)54-51-48-45-42-39-36-34-29-26-23-20-17-14-11-8-5-2/h59H,4-58H2,1-3H3/t59-/m1/s1. The summed E-state index contributed by atoms with van der Waals surface area (Å²) in [6.07, 6.45) is 65.3. The highest BCUT2D eigenvalue weighted by molar-refractivity contribution is 5.71. The Kier molecular flexibility index (Phi) is 56.6. The minimum atomic E-state index is -0.761. The van der Waals surface area contributed by atoms with Crippen molar-refractivity contribution in [3.05, 3.63) is 0 Å². The van der Waals surface area contributed by atoms with Crippen LogP contribution in [-0.4, -0.2) is 37.2 Å². The molecule has 0 aromatic carbocycles. The molecule has 0 saturated heterocycles. The van der Waals surface area contributed by atoms with Crippen molar-refractivity contribution < 1.29 is 28.6 Å². The van der Waals surface area contributed by atoms with Gasteiger partial charge in [0, 0.05) is 19.3 Å². The van der Waals surface area contributed by atoms with Gasteiger partial charge in [-0.15, -0.1) is 0 Å². The molecule has 6 heteroatoms. The van der Waals surface area contributed by atoms with Crippen LogP contribution in [0, 0.1) is 0 Å². The average molecular weight is 962 g/mol. The number of hydrogen-bond acceptors (Lipinski definition) is 6. The SMILES string of the molecule is CCCCCCCCCCCCCCCCCCCCCC(=O)OC[C@@H](COC(=O)CCCCCCCCCCCCCCCCCC)OC(=O)CCCCCCCCCCCCCCCCC. The highest BCUT2D eigenvalue weighted by Crippen LogP contribution is 2.18.